The van der Waals surface area contributed by atoms with Crippen LogP contribution in [0.4, 0.5) is 0 Å². The zero-order valence-electron chi connectivity index (χ0n) is 16.0. The Morgan fingerprint density at radius 1 is 1.15 bits per heavy atom. The van der Waals surface area contributed by atoms with Crippen molar-refractivity contribution in [2.75, 3.05) is 0 Å². The van der Waals surface area contributed by atoms with Crippen LogP contribution in [0.2, 0.25) is 0 Å². The van der Waals surface area contributed by atoms with Crippen LogP contribution in [0.15, 0.2) is 54.7 Å². The van der Waals surface area contributed by atoms with Crippen molar-refractivity contribution in [1.29, 1.82) is 0 Å². The van der Waals surface area contributed by atoms with E-state index in [1.807, 2.05) is 30.3 Å². The molecule has 1 aromatic heterocycles. The minimum absolute atomic E-state index is 0.0646. The lowest BCUT2D eigenvalue weighted by Gasteiger charge is -2.25. The highest BCUT2D eigenvalue weighted by atomic mass is 16.2. The molecule has 0 saturated heterocycles. The van der Waals surface area contributed by atoms with Gasteiger partial charge in [-0.25, -0.2) is 0 Å². The Balaban J connectivity index is 1.58. The molecule has 4 rings (SSSR count). The fraction of sp³-hybridized carbons (Fsp3) is 0.348. The van der Waals surface area contributed by atoms with Crippen molar-refractivity contribution in [3.8, 4) is 0 Å². The van der Waals surface area contributed by atoms with Crippen molar-refractivity contribution < 1.29 is 4.79 Å². The minimum Gasteiger partial charge on any atom is -0.361 e. The number of aromatic amines is 1. The number of benzene rings is 2. The minimum atomic E-state index is -0.233. The zero-order chi connectivity index (χ0) is 18.8. The standard InChI is InChI=1S/C23H27N3O/c1-15(2)11-20-18-9-6-10-19-22(18)17(14-24-19)12-21(26-20)23(27)25-13-16-7-4-3-5-8-16/h3-10,14-15,20-21,24,26H,11-13H2,1-2H3,(H,25,27)/t20-,21-/m0/s1. The number of nitrogens with one attached hydrogen (secondary N) is 3. The third-order valence-corrected chi connectivity index (χ3v) is 5.35. The summed E-state index contributed by atoms with van der Waals surface area (Å²) in [7, 11) is 0. The maximum Gasteiger partial charge on any atom is 0.237 e. The second-order valence-corrected chi connectivity index (χ2v) is 7.89. The average Bonchev–Trinajstić information content (AvgIpc) is 3.01. The van der Waals surface area contributed by atoms with Gasteiger partial charge in [-0.05, 0) is 41.5 Å². The second kappa shape index (κ2) is 7.57. The van der Waals surface area contributed by atoms with Gasteiger partial charge in [-0.15, -0.1) is 0 Å². The molecule has 2 heterocycles. The summed E-state index contributed by atoms with van der Waals surface area (Å²) < 4.78 is 0. The fourth-order valence-corrected chi connectivity index (χ4v) is 4.09. The monoisotopic (exact) mass is 361 g/mol. The Bertz CT molecular complexity index is 929. The Kier molecular flexibility index (Phi) is 4.99. The molecule has 3 aromatic rings. The van der Waals surface area contributed by atoms with Crippen LogP contribution in [0.5, 0.6) is 0 Å². The van der Waals surface area contributed by atoms with Crippen molar-refractivity contribution in [3.63, 3.8) is 0 Å². The summed E-state index contributed by atoms with van der Waals surface area (Å²) in [5, 5.41) is 8.05. The number of amides is 1. The third-order valence-electron chi connectivity index (χ3n) is 5.35. The SMILES string of the molecule is CC(C)C[C@@H]1N[C@H](C(=O)NCc2ccccc2)Cc2c[nH]c3cccc1c23. The van der Waals surface area contributed by atoms with Crippen LogP contribution in [0, 0.1) is 5.92 Å². The lowest BCUT2D eigenvalue weighted by atomic mass is 9.94. The molecule has 0 aliphatic carbocycles. The highest BCUT2D eigenvalue weighted by molar-refractivity contribution is 5.90. The molecule has 2 atom stereocenters. The second-order valence-electron chi connectivity index (χ2n) is 7.89. The summed E-state index contributed by atoms with van der Waals surface area (Å²) in [6.07, 6.45) is 3.77. The highest BCUT2D eigenvalue weighted by Gasteiger charge is 2.29. The molecule has 1 aliphatic rings. The van der Waals surface area contributed by atoms with Gasteiger partial charge in [0.15, 0.2) is 0 Å². The maximum absolute atomic E-state index is 13.0. The van der Waals surface area contributed by atoms with Crippen LogP contribution in [-0.2, 0) is 17.8 Å². The highest BCUT2D eigenvalue weighted by Crippen LogP contribution is 2.34. The van der Waals surface area contributed by atoms with Crippen molar-refractivity contribution >= 4 is 16.8 Å². The largest absolute Gasteiger partial charge is 0.361 e. The van der Waals surface area contributed by atoms with Gasteiger partial charge in [0, 0.05) is 29.7 Å². The predicted octanol–water partition coefficient (Wildman–Crippen LogP) is 4.09. The van der Waals surface area contributed by atoms with Crippen LogP contribution < -0.4 is 10.6 Å². The molecule has 4 heteroatoms. The number of hydrogen-bond acceptors (Lipinski definition) is 2. The van der Waals surface area contributed by atoms with Crippen LogP contribution in [-0.4, -0.2) is 16.9 Å². The van der Waals surface area contributed by atoms with E-state index in [0.29, 0.717) is 18.9 Å². The number of H-pyrrole nitrogens is 1. The van der Waals surface area contributed by atoms with Gasteiger partial charge in [0.2, 0.25) is 5.91 Å². The van der Waals surface area contributed by atoms with Gasteiger partial charge in [0.05, 0.1) is 6.04 Å². The zero-order valence-corrected chi connectivity index (χ0v) is 16.0. The van der Waals surface area contributed by atoms with E-state index in [9.17, 15) is 4.79 Å². The molecule has 1 aliphatic heterocycles. The van der Waals surface area contributed by atoms with Crippen molar-refractivity contribution in [1.82, 2.24) is 15.6 Å². The van der Waals surface area contributed by atoms with E-state index in [4.69, 9.17) is 0 Å². The van der Waals surface area contributed by atoms with Gasteiger partial charge < -0.3 is 10.3 Å². The Morgan fingerprint density at radius 3 is 2.74 bits per heavy atom. The summed E-state index contributed by atoms with van der Waals surface area (Å²) in [6, 6.07) is 16.4. The molecule has 2 aromatic carbocycles. The van der Waals surface area contributed by atoms with Crippen molar-refractivity contribution in [3.05, 3.63) is 71.4 Å². The molecule has 140 valence electrons. The van der Waals surface area contributed by atoms with Crippen LogP contribution in [0.1, 0.15) is 43.0 Å². The summed E-state index contributed by atoms with van der Waals surface area (Å²) in [6.45, 7) is 5.02. The topological polar surface area (TPSA) is 56.9 Å². The molecule has 27 heavy (non-hydrogen) atoms. The van der Waals surface area contributed by atoms with Crippen LogP contribution in [0.3, 0.4) is 0 Å². The molecular formula is C23H27N3O. The number of carbonyl (C=O) groups excluding carboxylic acids is 1. The first-order valence-corrected chi connectivity index (χ1v) is 9.78. The number of aromatic nitrogens is 1. The Hall–Kier alpha value is -2.59. The summed E-state index contributed by atoms with van der Waals surface area (Å²) in [4.78, 5) is 16.3. The molecule has 0 saturated carbocycles. The molecule has 3 N–H and O–H groups in total. The van der Waals surface area contributed by atoms with Gasteiger partial charge in [-0.3, -0.25) is 10.1 Å². The lowest BCUT2D eigenvalue weighted by Crippen LogP contribution is -2.46. The molecule has 1 amide bonds. The number of hydrogen-bond donors (Lipinski definition) is 3. The Morgan fingerprint density at radius 2 is 1.96 bits per heavy atom. The molecule has 0 unspecified atom stereocenters. The fourth-order valence-electron chi connectivity index (χ4n) is 4.09. The van der Waals surface area contributed by atoms with E-state index in [0.717, 1.165) is 17.5 Å². The predicted molar refractivity (Wildman–Crippen MR) is 109 cm³/mol. The van der Waals surface area contributed by atoms with E-state index >= 15 is 0 Å². The normalized spacial score (nSPS) is 19.2. The molecular weight excluding hydrogens is 334 g/mol. The van der Waals surface area contributed by atoms with E-state index in [2.05, 4.69) is 53.9 Å². The van der Waals surface area contributed by atoms with Gasteiger partial charge in [0.25, 0.3) is 0 Å². The average molecular weight is 361 g/mol. The summed E-state index contributed by atoms with van der Waals surface area (Å²) in [5.41, 5.74) is 4.80. The van der Waals surface area contributed by atoms with E-state index < -0.39 is 0 Å². The number of carbonyl (C=O) groups is 1. The smallest absolute Gasteiger partial charge is 0.237 e. The van der Waals surface area contributed by atoms with E-state index in [-0.39, 0.29) is 18.0 Å². The third kappa shape index (κ3) is 3.76. The summed E-state index contributed by atoms with van der Waals surface area (Å²) >= 11 is 0. The van der Waals surface area contributed by atoms with Gasteiger partial charge in [-0.1, -0.05) is 56.3 Å². The van der Waals surface area contributed by atoms with Crippen molar-refractivity contribution in [2.45, 2.75) is 45.3 Å². The summed E-state index contributed by atoms with van der Waals surface area (Å²) in [5.74, 6) is 0.612. The van der Waals surface area contributed by atoms with Crippen LogP contribution >= 0.6 is 0 Å². The first-order valence-electron chi connectivity index (χ1n) is 9.78. The first-order chi connectivity index (χ1) is 13.1. The lowest BCUT2D eigenvalue weighted by molar-refractivity contribution is -0.123. The van der Waals surface area contributed by atoms with Gasteiger partial charge >= 0.3 is 0 Å². The molecule has 0 bridgehead atoms. The van der Waals surface area contributed by atoms with E-state index in [1.165, 1.54) is 16.5 Å². The van der Waals surface area contributed by atoms with Crippen molar-refractivity contribution in [2.24, 2.45) is 5.92 Å². The molecule has 0 spiro atoms. The maximum atomic E-state index is 13.0. The van der Waals surface area contributed by atoms with Crippen LogP contribution in [0.25, 0.3) is 10.9 Å². The number of rotatable bonds is 5. The first kappa shape index (κ1) is 17.8. The van der Waals surface area contributed by atoms with E-state index in [1.54, 1.807) is 0 Å². The molecule has 0 fully saturated rings. The quantitative estimate of drug-likeness (QED) is 0.641. The molecule has 4 nitrogen and oxygen atoms in total. The van der Waals surface area contributed by atoms with Gasteiger partial charge in [0.1, 0.15) is 0 Å². The van der Waals surface area contributed by atoms with Gasteiger partial charge in [-0.2, -0.15) is 0 Å². The molecule has 0 radical (unpaired) electrons. The Labute approximate surface area is 160 Å².